The van der Waals surface area contributed by atoms with E-state index in [0.717, 1.165) is 30.6 Å². The van der Waals surface area contributed by atoms with E-state index in [1.807, 2.05) is 6.07 Å². The summed E-state index contributed by atoms with van der Waals surface area (Å²) in [4.78, 5) is 0. The van der Waals surface area contributed by atoms with Crippen LogP contribution in [0.3, 0.4) is 0 Å². The molecule has 0 bridgehead atoms. The van der Waals surface area contributed by atoms with Crippen LogP contribution in [0, 0.1) is 5.92 Å². The van der Waals surface area contributed by atoms with Gasteiger partial charge in [-0.25, -0.2) is 0 Å². The molecule has 1 aromatic rings. The second-order valence-corrected chi connectivity index (χ2v) is 16.6. The highest BCUT2D eigenvalue weighted by atomic mass is 28.3. The quantitative estimate of drug-likeness (QED) is 0.244. The Labute approximate surface area is 186 Å². The Balaban J connectivity index is 1.68. The zero-order chi connectivity index (χ0) is 21.9. The summed E-state index contributed by atoms with van der Waals surface area (Å²) in [6.07, 6.45) is 12.4. The molecule has 0 saturated heterocycles. The van der Waals surface area contributed by atoms with Gasteiger partial charge in [-0.15, -0.1) is 0 Å². The van der Waals surface area contributed by atoms with Gasteiger partial charge in [-0.1, -0.05) is 75.9 Å². The summed E-state index contributed by atoms with van der Waals surface area (Å²) in [5, 5.41) is 11.0. The maximum atomic E-state index is 11.0. The van der Waals surface area contributed by atoms with Crippen LogP contribution >= 0.6 is 0 Å². The Morgan fingerprint density at radius 1 is 1.10 bits per heavy atom. The van der Waals surface area contributed by atoms with Gasteiger partial charge in [0.2, 0.25) is 0 Å². The van der Waals surface area contributed by atoms with Crippen molar-refractivity contribution in [1.82, 2.24) is 0 Å². The van der Waals surface area contributed by atoms with Gasteiger partial charge in [0, 0.05) is 25.5 Å². The summed E-state index contributed by atoms with van der Waals surface area (Å²) in [6.45, 7) is 14.0. The molecule has 0 aromatic heterocycles. The topological polar surface area (TPSA) is 29.5 Å². The first-order valence-electron chi connectivity index (χ1n) is 12.3. The zero-order valence-electron chi connectivity index (χ0n) is 20.3. The molecule has 1 N–H and O–H groups in total. The smallest absolute Gasteiger partial charge is 0.127 e. The molecule has 1 aromatic carbocycles. The summed E-state index contributed by atoms with van der Waals surface area (Å²) >= 11 is 0. The van der Waals surface area contributed by atoms with E-state index >= 15 is 0 Å². The molecule has 2 nitrogen and oxygen atoms in total. The highest BCUT2D eigenvalue weighted by molar-refractivity contribution is 6.77. The number of rotatable bonds is 9. The first kappa shape index (κ1) is 23.4. The summed E-state index contributed by atoms with van der Waals surface area (Å²) in [5.74, 6) is 2.07. The Kier molecular flexibility index (Phi) is 7.43. The largest absolute Gasteiger partial charge is 0.507 e. The fraction of sp³-hybridized carbons (Fsp3) is 0.704. The summed E-state index contributed by atoms with van der Waals surface area (Å²) in [7, 11) is -1.10. The summed E-state index contributed by atoms with van der Waals surface area (Å²) < 4.78 is 6.49. The minimum absolute atomic E-state index is 0.187. The van der Waals surface area contributed by atoms with Crippen molar-refractivity contribution < 1.29 is 9.84 Å². The molecule has 2 atom stereocenters. The maximum Gasteiger partial charge on any atom is 0.127 e. The molecular formula is C27H44O2Si. The number of hydrogen-bond donors (Lipinski definition) is 1. The highest BCUT2D eigenvalue weighted by Crippen LogP contribution is 2.53. The third-order valence-corrected chi connectivity index (χ3v) is 11.0. The number of aromatic hydroxyl groups is 1. The molecule has 1 aliphatic heterocycles. The van der Waals surface area contributed by atoms with E-state index in [0.29, 0.717) is 11.7 Å². The highest BCUT2D eigenvalue weighted by Gasteiger charge is 2.45. The number of ether oxygens (including phenoxy) is 1. The molecule has 3 rings (SSSR count). The van der Waals surface area contributed by atoms with Crippen LogP contribution in [-0.2, 0) is 6.42 Å². The third kappa shape index (κ3) is 5.52. The van der Waals surface area contributed by atoms with Crippen molar-refractivity contribution in [3.05, 3.63) is 34.9 Å². The normalized spacial score (nSPS) is 22.7. The number of allylic oxidation sites excluding steroid dienone is 2. The molecule has 0 amide bonds. The van der Waals surface area contributed by atoms with Gasteiger partial charge in [0.25, 0.3) is 0 Å². The van der Waals surface area contributed by atoms with E-state index in [1.165, 1.54) is 55.3 Å². The fourth-order valence-corrected chi connectivity index (χ4v) is 8.24. The Morgan fingerprint density at radius 3 is 2.57 bits per heavy atom. The van der Waals surface area contributed by atoms with E-state index in [1.54, 1.807) is 0 Å². The SMILES string of the molecule is CCCCCC[Si](C)(C)CCCc1cc(O)c2c(c1)OC(C)(C)[C@@H]1CCC(C)=C[C@@H]21. The average Bonchev–Trinajstić information content (AvgIpc) is 2.64. The van der Waals surface area contributed by atoms with Gasteiger partial charge in [-0.3, -0.25) is 0 Å². The van der Waals surface area contributed by atoms with E-state index in [2.05, 4.69) is 52.9 Å². The van der Waals surface area contributed by atoms with Crippen LogP contribution in [0.25, 0.3) is 0 Å². The first-order chi connectivity index (χ1) is 14.1. The Bertz CT molecular complexity index is 762. The lowest BCUT2D eigenvalue weighted by molar-refractivity contribution is 0.0107. The lowest BCUT2D eigenvalue weighted by Crippen LogP contribution is -2.45. The van der Waals surface area contributed by atoms with Gasteiger partial charge in [0.1, 0.15) is 17.1 Å². The van der Waals surface area contributed by atoms with Gasteiger partial charge in [-0.2, -0.15) is 0 Å². The van der Waals surface area contributed by atoms with E-state index in [-0.39, 0.29) is 11.5 Å². The van der Waals surface area contributed by atoms with Crippen LogP contribution in [0.2, 0.25) is 25.2 Å². The number of aryl methyl sites for hydroxylation is 1. The molecule has 2 aliphatic rings. The van der Waals surface area contributed by atoms with Crippen molar-refractivity contribution in [3.63, 3.8) is 0 Å². The Hall–Kier alpha value is -1.22. The van der Waals surface area contributed by atoms with Gasteiger partial charge >= 0.3 is 0 Å². The van der Waals surface area contributed by atoms with Gasteiger partial charge in [0.05, 0.1) is 0 Å². The van der Waals surface area contributed by atoms with Crippen LogP contribution in [0.5, 0.6) is 11.5 Å². The second kappa shape index (κ2) is 9.50. The van der Waals surface area contributed by atoms with Crippen molar-refractivity contribution in [2.24, 2.45) is 5.92 Å². The molecular weight excluding hydrogens is 384 g/mol. The summed E-state index contributed by atoms with van der Waals surface area (Å²) in [5.41, 5.74) is 3.50. The number of phenols is 1. The lowest BCUT2D eigenvalue weighted by Gasteiger charge is -2.46. The maximum absolute atomic E-state index is 11.0. The predicted octanol–water partition coefficient (Wildman–Crippen LogP) is 8.22. The molecule has 0 radical (unpaired) electrons. The molecule has 30 heavy (non-hydrogen) atoms. The number of benzene rings is 1. The van der Waals surface area contributed by atoms with E-state index < -0.39 is 8.07 Å². The molecule has 0 spiro atoms. The minimum Gasteiger partial charge on any atom is -0.507 e. The predicted molar refractivity (Wildman–Crippen MR) is 132 cm³/mol. The van der Waals surface area contributed by atoms with Crippen LogP contribution in [-0.4, -0.2) is 18.8 Å². The minimum atomic E-state index is -1.10. The molecule has 0 unspecified atom stereocenters. The van der Waals surface area contributed by atoms with E-state index in [4.69, 9.17) is 4.74 Å². The summed E-state index contributed by atoms with van der Waals surface area (Å²) in [6, 6.07) is 7.07. The molecule has 1 heterocycles. The molecule has 0 saturated carbocycles. The number of fused-ring (bicyclic) bond motifs is 3. The number of phenolic OH excluding ortho intramolecular Hbond substituents is 1. The fourth-order valence-electron chi connectivity index (χ4n) is 5.65. The van der Waals surface area contributed by atoms with Crippen molar-refractivity contribution in [2.45, 2.75) is 116 Å². The van der Waals surface area contributed by atoms with Gasteiger partial charge < -0.3 is 9.84 Å². The number of unbranched alkanes of at least 4 members (excludes halogenated alkanes) is 3. The average molecular weight is 429 g/mol. The van der Waals surface area contributed by atoms with Crippen LogP contribution in [0.4, 0.5) is 0 Å². The van der Waals surface area contributed by atoms with Crippen molar-refractivity contribution in [3.8, 4) is 11.5 Å². The molecule has 3 heteroatoms. The van der Waals surface area contributed by atoms with Crippen LogP contribution < -0.4 is 4.74 Å². The van der Waals surface area contributed by atoms with Crippen LogP contribution in [0.1, 0.15) is 89.7 Å². The van der Waals surface area contributed by atoms with Crippen molar-refractivity contribution in [2.75, 3.05) is 0 Å². The first-order valence-corrected chi connectivity index (χ1v) is 15.8. The van der Waals surface area contributed by atoms with Gasteiger partial charge in [0.15, 0.2) is 0 Å². The second-order valence-electron chi connectivity index (χ2n) is 11.2. The number of hydrogen-bond acceptors (Lipinski definition) is 2. The van der Waals surface area contributed by atoms with E-state index in [9.17, 15) is 5.11 Å². The molecule has 1 aliphatic carbocycles. The Morgan fingerprint density at radius 2 is 1.83 bits per heavy atom. The monoisotopic (exact) mass is 428 g/mol. The lowest BCUT2D eigenvalue weighted by atomic mass is 9.68. The van der Waals surface area contributed by atoms with Crippen LogP contribution in [0.15, 0.2) is 23.8 Å². The molecule has 0 fully saturated rings. The van der Waals surface area contributed by atoms with Crippen molar-refractivity contribution >= 4 is 8.07 Å². The van der Waals surface area contributed by atoms with Crippen molar-refractivity contribution in [1.29, 1.82) is 0 Å². The zero-order valence-corrected chi connectivity index (χ0v) is 21.3. The third-order valence-electron chi connectivity index (χ3n) is 7.55. The standard InChI is InChI=1S/C27H44O2Si/c1-7-8-9-10-15-30(5,6)16-11-12-21-18-24(28)26-22-17-20(2)13-14-23(22)27(3,4)29-25(26)19-21/h17-19,22-23,28H,7-16H2,1-6H3/t22-,23-/m1/s1. The molecule has 168 valence electrons. The van der Waals surface area contributed by atoms with Gasteiger partial charge in [-0.05, 0) is 57.7 Å².